The fourth-order valence-electron chi connectivity index (χ4n) is 22.1. The molecule has 0 unspecified atom stereocenters. The Kier molecular flexibility index (Phi) is 21.6. The highest BCUT2D eigenvalue weighted by Gasteiger charge is 2.30. The van der Waals surface area contributed by atoms with Crippen molar-refractivity contribution in [3.63, 3.8) is 0 Å². The highest BCUT2D eigenvalue weighted by molar-refractivity contribution is 6.27. The Balaban J connectivity index is 0.000000109. The van der Waals surface area contributed by atoms with E-state index in [-0.39, 0.29) is 0 Å². The summed E-state index contributed by atoms with van der Waals surface area (Å²) in [6.45, 7) is 0. The predicted molar refractivity (Wildman–Crippen MR) is 617 cm³/mol. The molecule has 0 N–H and O–H groups in total. The zero-order chi connectivity index (χ0) is 99.1. The summed E-state index contributed by atoms with van der Waals surface area (Å²) in [4.78, 5) is 41.5. The fraction of sp³-hybridized carbons (Fsp3) is 0. The van der Waals surface area contributed by atoms with Crippen LogP contribution >= 0.6 is 0 Å². The fourth-order valence-corrected chi connectivity index (χ4v) is 22.1. The molecule has 0 spiro atoms. The number of fused-ring (bicyclic) bond motifs is 21. The van der Waals surface area contributed by atoms with Crippen LogP contribution in [-0.2, 0) is 0 Å². The van der Waals surface area contributed by atoms with Crippen molar-refractivity contribution in [2.24, 2.45) is 0 Å². The van der Waals surface area contributed by atoms with Crippen molar-refractivity contribution in [2.45, 2.75) is 0 Å². The van der Waals surface area contributed by atoms with E-state index in [2.05, 4.69) is 470 Å². The summed E-state index contributed by atoms with van der Waals surface area (Å²) in [6, 6.07) is 187. The third-order valence-electron chi connectivity index (χ3n) is 28.9. The van der Waals surface area contributed by atoms with Gasteiger partial charge in [-0.2, -0.15) is 19.9 Å². The summed E-state index contributed by atoms with van der Waals surface area (Å²) in [5, 5.41) is 14.1. The van der Waals surface area contributed by atoms with Gasteiger partial charge in [0.1, 0.15) is 5.82 Å². The van der Waals surface area contributed by atoms with Gasteiger partial charge in [0.15, 0.2) is 29.1 Å². The second-order valence-electron chi connectivity index (χ2n) is 37.6. The molecule has 30 aromatic rings. The number of aromatic nitrogens is 14. The lowest BCUT2D eigenvalue weighted by Crippen LogP contribution is -2.07. The number of rotatable bonds is 15. The average Bonchev–Trinajstić information content (AvgIpc) is 1.55. The minimum atomic E-state index is 0.574. The Morgan fingerprint density at radius 3 is 0.640 bits per heavy atom. The molecule has 14 nitrogen and oxygen atoms in total. The average molecular weight is 1920 g/mol. The van der Waals surface area contributed by atoms with Crippen LogP contribution in [0.1, 0.15) is 0 Å². The van der Waals surface area contributed by atoms with Crippen molar-refractivity contribution in [2.75, 3.05) is 0 Å². The first-order valence-electron chi connectivity index (χ1n) is 50.5. The van der Waals surface area contributed by atoms with E-state index in [9.17, 15) is 0 Å². The van der Waals surface area contributed by atoms with E-state index in [1.165, 1.54) is 70.9 Å². The molecule has 9 aromatic heterocycles. The third kappa shape index (κ3) is 15.2. The molecule has 21 aromatic carbocycles. The molecule has 0 atom stereocenters. The number of hydrogen-bond donors (Lipinski definition) is 0. The smallest absolute Gasteiger partial charge is 0.238 e. The molecule has 0 saturated carbocycles. The van der Waals surface area contributed by atoms with E-state index < -0.39 is 0 Å². The summed E-state index contributed by atoms with van der Waals surface area (Å²) < 4.78 is 14.0. The van der Waals surface area contributed by atoms with Crippen molar-refractivity contribution >= 4 is 131 Å². The van der Waals surface area contributed by atoms with E-state index in [0.717, 1.165) is 155 Å². The van der Waals surface area contributed by atoms with Crippen LogP contribution in [0.25, 0.3) is 267 Å². The molecule has 30 rings (SSSR count). The summed E-state index contributed by atoms with van der Waals surface area (Å²) in [5.74, 6) is 5.16. The number of hydrogen-bond acceptors (Lipinski definition) is 8. The van der Waals surface area contributed by atoms with Crippen molar-refractivity contribution < 1.29 is 0 Å². The summed E-state index contributed by atoms with van der Waals surface area (Å²) in [5.41, 5.74) is 30.2. The van der Waals surface area contributed by atoms with Crippen LogP contribution in [0.2, 0.25) is 0 Å². The van der Waals surface area contributed by atoms with Crippen LogP contribution < -0.4 is 0 Å². The van der Waals surface area contributed by atoms with Crippen LogP contribution in [0.3, 0.4) is 0 Å². The molecular weight excluding hydrogens is 1830 g/mol. The SMILES string of the molecule is c1ccc(-c2ccc(-c3nc(-c4ccccc4)nc(-n4c5ccccc5c5ccc6c7ccccc7n(-c7ccccc7)c6c54)n3)cc2)cc1.c1ccc(-c2cccc(-c3ccc(-c4nc(-c5ccccc5)cc(-n5c6ccccc6c6ccc7c8ccccc8n(-c8ccccc8)c7c65)n4)cc3)c2)cc1.c1ccc(-c2nc(-c3ccccc3)nc(-n3c4ccccc4c4ccc5c6ccccc6n(-c6ccccc6)c5c43)n2)cc1. The van der Waals surface area contributed by atoms with Crippen molar-refractivity contribution in [1.82, 2.24) is 67.3 Å². The van der Waals surface area contributed by atoms with Crippen LogP contribution in [0, 0.1) is 0 Å². The predicted octanol–water partition coefficient (Wildman–Crippen LogP) is 33.8. The van der Waals surface area contributed by atoms with Gasteiger partial charge in [0.25, 0.3) is 0 Å². The number of nitrogens with zero attached hydrogens (tertiary/aromatic N) is 14. The molecule has 0 fully saturated rings. The van der Waals surface area contributed by atoms with E-state index >= 15 is 0 Å². The van der Waals surface area contributed by atoms with Gasteiger partial charge < -0.3 is 13.7 Å². The molecule has 0 aliphatic carbocycles. The van der Waals surface area contributed by atoms with Crippen molar-refractivity contribution in [3.8, 4) is 136 Å². The summed E-state index contributed by atoms with van der Waals surface area (Å²) in [6.07, 6.45) is 0. The maximum Gasteiger partial charge on any atom is 0.238 e. The standard InChI is InChI=1S/C52H34N4.C45H29N5.C39H25N5/c1-4-15-35(16-5-1)39-19-14-20-40(33-39)36-27-29-38(30-28-36)52-53-46(37-17-6-2-7-18-37)34-49(54-52)56-48-26-13-11-24-43(48)45-32-31-44-42-23-10-12-25-47(42)55(50(44)51(45)56)41-21-8-3-9-22-41;1-4-14-30(15-5-1)31-24-26-33(27-25-31)44-46-43(32-16-6-2-7-17-32)47-45(48-44)50-40-23-13-11-21-36(40)38-29-28-37-35-20-10-12-22-39(35)49(41(37)42(38)50)34-18-8-3-9-19-34;1-4-14-26(15-5-1)37-40-38(27-16-6-2-7-17-27)42-39(41-37)44-34-23-13-11-21-30(34)32-25-24-31-29-20-10-12-22-33(29)43(35(31)36(32)44)28-18-8-3-9-19-28/h1-34H;1-29H;1-25H. The lowest BCUT2D eigenvalue weighted by atomic mass is 9.98. The Labute approximate surface area is 862 Å². The first-order chi connectivity index (χ1) is 74.4. The van der Waals surface area contributed by atoms with Gasteiger partial charge in [0.2, 0.25) is 11.9 Å². The lowest BCUT2D eigenvalue weighted by Gasteiger charge is -2.14. The Morgan fingerprint density at radius 1 is 0.120 bits per heavy atom. The Bertz CT molecular complexity index is 10400. The van der Waals surface area contributed by atoms with Crippen LogP contribution in [0.5, 0.6) is 0 Å². The maximum absolute atomic E-state index is 5.43. The van der Waals surface area contributed by atoms with Gasteiger partial charge in [-0.15, -0.1) is 0 Å². The van der Waals surface area contributed by atoms with Gasteiger partial charge in [-0.05, 0) is 112 Å². The molecule has 9 heterocycles. The molecule has 14 heteroatoms. The van der Waals surface area contributed by atoms with Gasteiger partial charge in [-0.1, -0.05) is 449 Å². The normalized spacial score (nSPS) is 11.6. The van der Waals surface area contributed by atoms with Crippen LogP contribution in [0.4, 0.5) is 0 Å². The van der Waals surface area contributed by atoms with Crippen molar-refractivity contribution in [3.05, 3.63) is 534 Å². The quantitative estimate of drug-likeness (QED) is 0.0991. The van der Waals surface area contributed by atoms with E-state index in [1.807, 2.05) is 91.0 Å². The molecule has 0 aliphatic rings. The molecule has 0 bridgehead atoms. The molecule has 0 radical (unpaired) electrons. The highest BCUT2D eigenvalue weighted by Crippen LogP contribution is 2.48. The monoisotopic (exact) mass is 1920 g/mol. The van der Waals surface area contributed by atoms with Gasteiger partial charge in [-0.25, -0.2) is 19.9 Å². The van der Waals surface area contributed by atoms with Gasteiger partial charge >= 0.3 is 0 Å². The zero-order valence-corrected chi connectivity index (χ0v) is 81.1. The van der Waals surface area contributed by atoms with Gasteiger partial charge in [-0.3, -0.25) is 13.7 Å². The van der Waals surface area contributed by atoms with Crippen LogP contribution in [-0.4, -0.2) is 67.3 Å². The maximum atomic E-state index is 5.43. The number of benzene rings is 21. The van der Waals surface area contributed by atoms with Gasteiger partial charge in [0.05, 0.1) is 71.9 Å². The molecule has 0 saturated heterocycles. The largest absolute Gasteiger partial charge is 0.307 e. The third-order valence-corrected chi connectivity index (χ3v) is 28.9. The van der Waals surface area contributed by atoms with Gasteiger partial charge in [0, 0.05) is 121 Å². The molecule has 0 aliphatic heterocycles. The summed E-state index contributed by atoms with van der Waals surface area (Å²) >= 11 is 0. The molecular formula is C136H88N14. The Hall–Kier alpha value is -20.5. The highest BCUT2D eigenvalue weighted by atomic mass is 15.2. The Morgan fingerprint density at radius 2 is 0.327 bits per heavy atom. The molecule has 150 heavy (non-hydrogen) atoms. The molecule has 0 amide bonds. The van der Waals surface area contributed by atoms with E-state index in [4.69, 9.17) is 39.9 Å². The lowest BCUT2D eigenvalue weighted by molar-refractivity contribution is 0.953. The minimum Gasteiger partial charge on any atom is -0.307 e. The second kappa shape index (κ2) is 37.0. The molecule has 702 valence electrons. The first kappa shape index (κ1) is 87.3. The van der Waals surface area contributed by atoms with E-state index in [0.29, 0.717) is 41.0 Å². The first-order valence-corrected chi connectivity index (χ1v) is 50.5. The topological polar surface area (TPSA) is 133 Å². The van der Waals surface area contributed by atoms with E-state index in [1.54, 1.807) is 0 Å². The van der Waals surface area contributed by atoms with Crippen molar-refractivity contribution in [1.29, 1.82) is 0 Å². The zero-order valence-electron chi connectivity index (χ0n) is 81.1. The summed E-state index contributed by atoms with van der Waals surface area (Å²) in [7, 11) is 0. The van der Waals surface area contributed by atoms with Crippen LogP contribution in [0.15, 0.2) is 534 Å². The number of para-hydroxylation sites is 9. The second-order valence-corrected chi connectivity index (χ2v) is 37.6. The minimum absolute atomic E-state index is 0.574.